The monoisotopic (exact) mass is 213 g/mol. The molecule has 0 aliphatic carbocycles. The van der Waals surface area contributed by atoms with Crippen molar-refractivity contribution in [2.45, 2.75) is 19.3 Å². The van der Waals surface area contributed by atoms with E-state index in [9.17, 15) is 4.39 Å². The van der Waals surface area contributed by atoms with Crippen molar-refractivity contribution < 1.29 is 9.50 Å². The van der Waals surface area contributed by atoms with Gasteiger partial charge in [-0.2, -0.15) is 5.26 Å². The molecule has 0 radical (unpaired) electrons. The van der Waals surface area contributed by atoms with E-state index in [4.69, 9.17) is 22.0 Å². The first-order valence-electron chi connectivity index (χ1n) is 4.17. The lowest BCUT2D eigenvalue weighted by Crippen LogP contribution is -1.95. The Labute approximate surface area is 86.5 Å². The number of aromatic hydroxyl groups is 1. The molecule has 4 heteroatoms. The van der Waals surface area contributed by atoms with Crippen LogP contribution < -0.4 is 0 Å². The Hall–Kier alpha value is -1.27. The zero-order valence-electron chi connectivity index (χ0n) is 7.59. The molecule has 1 aromatic rings. The second kappa shape index (κ2) is 4.30. The van der Waals surface area contributed by atoms with Crippen molar-refractivity contribution in [2.75, 3.05) is 0 Å². The van der Waals surface area contributed by atoms with E-state index in [1.807, 2.05) is 13.0 Å². The minimum atomic E-state index is -0.791. The summed E-state index contributed by atoms with van der Waals surface area (Å²) in [5.41, 5.74) is 0.496. The summed E-state index contributed by atoms with van der Waals surface area (Å²) in [7, 11) is 0. The molecular formula is C10H9ClFNO. The molecule has 0 saturated carbocycles. The highest BCUT2D eigenvalue weighted by molar-refractivity contribution is 6.32. The topological polar surface area (TPSA) is 44.0 Å². The lowest BCUT2D eigenvalue weighted by Gasteiger charge is -2.08. The van der Waals surface area contributed by atoms with Crippen molar-refractivity contribution in [3.05, 3.63) is 28.5 Å². The van der Waals surface area contributed by atoms with Crippen LogP contribution in [-0.2, 0) is 0 Å². The normalized spacial score (nSPS) is 12.1. The van der Waals surface area contributed by atoms with Crippen LogP contribution in [0.1, 0.15) is 24.8 Å². The summed E-state index contributed by atoms with van der Waals surface area (Å²) in [5, 5.41) is 17.8. The highest BCUT2D eigenvalue weighted by Gasteiger charge is 2.13. The molecule has 0 heterocycles. The molecule has 0 saturated heterocycles. The van der Waals surface area contributed by atoms with Crippen molar-refractivity contribution in [3.63, 3.8) is 0 Å². The molecule has 0 aliphatic heterocycles. The molecular weight excluding hydrogens is 205 g/mol. The molecule has 1 unspecified atom stereocenters. The second-order valence-corrected chi connectivity index (χ2v) is 3.33. The molecule has 0 amide bonds. The number of rotatable bonds is 2. The Morgan fingerprint density at radius 2 is 2.29 bits per heavy atom. The van der Waals surface area contributed by atoms with Gasteiger partial charge in [-0.25, -0.2) is 4.39 Å². The molecule has 0 aromatic heterocycles. The Kier molecular flexibility index (Phi) is 3.32. The SMILES string of the molecule is CCC(C#N)c1cc(F)c(O)c(Cl)c1. The summed E-state index contributed by atoms with van der Waals surface area (Å²) < 4.78 is 13.0. The van der Waals surface area contributed by atoms with Crippen LogP contribution in [0.4, 0.5) is 4.39 Å². The van der Waals surface area contributed by atoms with Gasteiger partial charge in [0.05, 0.1) is 17.0 Å². The van der Waals surface area contributed by atoms with E-state index in [1.165, 1.54) is 6.07 Å². The Morgan fingerprint density at radius 3 is 2.71 bits per heavy atom. The zero-order valence-corrected chi connectivity index (χ0v) is 8.35. The van der Waals surface area contributed by atoms with Gasteiger partial charge >= 0.3 is 0 Å². The predicted molar refractivity (Wildman–Crippen MR) is 51.7 cm³/mol. The molecule has 74 valence electrons. The van der Waals surface area contributed by atoms with Crippen LogP contribution in [0.25, 0.3) is 0 Å². The third kappa shape index (κ3) is 1.97. The Bertz CT molecular complexity index is 363. The minimum absolute atomic E-state index is 0.0614. The van der Waals surface area contributed by atoms with Crippen LogP contribution in [0.2, 0.25) is 5.02 Å². The van der Waals surface area contributed by atoms with Gasteiger partial charge in [0.15, 0.2) is 11.6 Å². The molecule has 0 spiro atoms. The van der Waals surface area contributed by atoms with E-state index >= 15 is 0 Å². The number of phenols is 1. The van der Waals surface area contributed by atoms with E-state index in [0.29, 0.717) is 12.0 Å². The van der Waals surface area contributed by atoms with E-state index in [2.05, 4.69) is 0 Å². The minimum Gasteiger partial charge on any atom is -0.504 e. The maximum atomic E-state index is 13.0. The van der Waals surface area contributed by atoms with Crippen molar-refractivity contribution in [1.82, 2.24) is 0 Å². The summed E-state index contributed by atoms with van der Waals surface area (Å²) in [6.45, 7) is 1.83. The van der Waals surface area contributed by atoms with E-state index in [1.54, 1.807) is 0 Å². The van der Waals surface area contributed by atoms with Crippen LogP contribution in [0.3, 0.4) is 0 Å². The quantitative estimate of drug-likeness (QED) is 0.820. The summed E-state index contributed by atoms with van der Waals surface area (Å²) in [6.07, 6.45) is 0.580. The number of phenolic OH excluding ortho intramolecular Hbond substituents is 1. The summed E-state index contributed by atoms with van der Waals surface area (Å²) in [5.74, 6) is -1.74. The summed E-state index contributed by atoms with van der Waals surface area (Å²) in [4.78, 5) is 0. The molecule has 1 aromatic carbocycles. The number of hydrogen-bond acceptors (Lipinski definition) is 2. The van der Waals surface area contributed by atoms with Crippen LogP contribution in [0, 0.1) is 17.1 Å². The van der Waals surface area contributed by atoms with E-state index in [-0.39, 0.29) is 10.9 Å². The predicted octanol–water partition coefficient (Wildman–Crippen LogP) is 3.20. The Balaban J connectivity index is 3.19. The smallest absolute Gasteiger partial charge is 0.170 e. The average molecular weight is 214 g/mol. The maximum Gasteiger partial charge on any atom is 0.170 e. The average Bonchev–Trinajstić information content (AvgIpc) is 2.16. The van der Waals surface area contributed by atoms with Gasteiger partial charge in [0, 0.05) is 0 Å². The fourth-order valence-corrected chi connectivity index (χ4v) is 1.40. The number of hydrogen-bond donors (Lipinski definition) is 1. The fourth-order valence-electron chi connectivity index (χ4n) is 1.19. The molecule has 1 rings (SSSR count). The molecule has 1 atom stereocenters. The van der Waals surface area contributed by atoms with Gasteiger partial charge in [0.1, 0.15) is 0 Å². The van der Waals surface area contributed by atoms with Gasteiger partial charge in [-0.05, 0) is 24.1 Å². The lowest BCUT2D eigenvalue weighted by atomic mass is 9.98. The standard InChI is InChI=1S/C10H9ClFNO/c1-2-6(5-13)7-3-8(11)10(14)9(12)4-7/h3-4,6,14H,2H2,1H3. The first-order chi connectivity index (χ1) is 6.60. The number of benzene rings is 1. The largest absolute Gasteiger partial charge is 0.504 e. The first-order valence-corrected chi connectivity index (χ1v) is 4.55. The second-order valence-electron chi connectivity index (χ2n) is 2.92. The van der Waals surface area contributed by atoms with Crippen LogP contribution >= 0.6 is 11.6 Å². The number of nitrogens with zero attached hydrogens (tertiary/aromatic N) is 1. The highest BCUT2D eigenvalue weighted by atomic mass is 35.5. The van der Waals surface area contributed by atoms with Crippen molar-refractivity contribution >= 4 is 11.6 Å². The van der Waals surface area contributed by atoms with Crippen LogP contribution in [-0.4, -0.2) is 5.11 Å². The van der Waals surface area contributed by atoms with Crippen LogP contribution in [0.5, 0.6) is 5.75 Å². The van der Waals surface area contributed by atoms with Gasteiger partial charge in [0.2, 0.25) is 0 Å². The van der Waals surface area contributed by atoms with Crippen molar-refractivity contribution in [1.29, 1.82) is 5.26 Å². The van der Waals surface area contributed by atoms with Gasteiger partial charge < -0.3 is 5.11 Å². The lowest BCUT2D eigenvalue weighted by molar-refractivity contribution is 0.432. The summed E-state index contributed by atoms with van der Waals surface area (Å²) in [6, 6.07) is 4.59. The van der Waals surface area contributed by atoms with Gasteiger partial charge in [-0.1, -0.05) is 18.5 Å². The molecule has 14 heavy (non-hydrogen) atoms. The Morgan fingerprint density at radius 1 is 1.64 bits per heavy atom. The third-order valence-corrected chi connectivity index (χ3v) is 2.29. The van der Waals surface area contributed by atoms with Gasteiger partial charge in [0.25, 0.3) is 0 Å². The third-order valence-electron chi connectivity index (χ3n) is 2.01. The first kappa shape index (κ1) is 10.8. The number of nitriles is 1. The molecule has 2 nitrogen and oxygen atoms in total. The maximum absolute atomic E-state index is 13.0. The van der Waals surface area contributed by atoms with E-state index < -0.39 is 11.6 Å². The highest BCUT2D eigenvalue weighted by Crippen LogP contribution is 2.31. The van der Waals surface area contributed by atoms with Crippen LogP contribution in [0.15, 0.2) is 12.1 Å². The van der Waals surface area contributed by atoms with Crippen molar-refractivity contribution in [3.8, 4) is 11.8 Å². The van der Waals surface area contributed by atoms with Crippen molar-refractivity contribution in [2.24, 2.45) is 0 Å². The van der Waals surface area contributed by atoms with Gasteiger partial charge in [-0.15, -0.1) is 0 Å². The molecule has 0 bridgehead atoms. The summed E-state index contributed by atoms with van der Waals surface area (Å²) >= 11 is 5.58. The molecule has 0 aliphatic rings. The number of halogens is 2. The van der Waals surface area contributed by atoms with Gasteiger partial charge in [-0.3, -0.25) is 0 Å². The fraction of sp³-hybridized carbons (Fsp3) is 0.300. The molecule has 0 fully saturated rings. The molecule has 1 N–H and O–H groups in total. The zero-order chi connectivity index (χ0) is 10.7. The van der Waals surface area contributed by atoms with E-state index in [0.717, 1.165) is 6.07 Å².